The molecule has 0 unspecified atom stereocenters. The van der Waals surface area contributed by atoms with E-state index in [1.54, 1.807) is 30.3 Å². The fraction of sp³-hybridized carbons (Fsp3) is 0.320. The highest BCUT2D eigenvalue weighted by molar-refractivity contribution is 5.92. The number of ketones is 1. The first kappa shape index (κ1) is 31.8. The van der Waals surface area contributed by atoms with Gasteiger partial charge >= 0.3 is 24.1 Å². The number of carbonyl (C=O) groups excluding carboxylic acids is 3. The third kappa shape index (κ3) is 11.6. The van der Waals surface area contributed by atoms with Crippen LogP contribution in [-0.2, 0) is 30.3 Å². The number of esters is 1. The van der Waals surface area contributed by atoms with Gasteiger partial charge in [-0.25, -0.2) is 9.59 Å². The van der Waals surface area contributed by atoms with E-state index in [2.05, 4.69) is 5.32 Å². The Balaban J connectivity index is 0.000000905. The van der Waals surface area contributed by atoms with Crippen molar-refractivity contribution in [3.8, 4) is 0 Å². The first-order valence-corrected chi connectivity index (χ1v) is 11.1. The van der Waals surface area contributed by atoms with E-state index in [1.165, 1.54) is 6.92 Å². The normalized spacial score (nSPS) is 13.1. The molecule has 0 saturated carbocycles. The number of carboxylic acids is 2. The molecule has 2 rings (SSSR count). The molecule has 0 bridgehead atoms. The van der Waals surface area contributed by atoms with Crippen molar-refractivity contribution < 1.29 is 52.1 Å². The predicted molar refractivity (Wildman–Crippen MR) is 127 cm³/mol. The number of carbonyl (C=O) groups is 5. The Morgan fingerprint density at radius 3 is 1.92 bits per heavy atom. The number of benzene rings is 2. The van der Waals surface area contributed by atoms with E-state index in [-0.39, 0.29) is 18.8 Å². The number of nitrogens with one attached hydrogen (secondary N) is 1. The average molecular weight is 540 g/mol. The van der Waals surface area contributed by atoms with Crippen molar-refractivity contribution in [2.45, 2.75) is 38.0 Å². The number of amides is 1. The molecule has 0 radical (unpaired) electrons. The molecule has 0 fully saturated rings. The molecular formula is C25H27F3N2O8. The highest BCUT2D eigenvalue weighted by atomic mass is 19.4. The summed E-state index contributed by atoms with van der Waals surface area (Å²) in [6.45, 7) is 0.923. The lowest BCUT2D eigenvalue weighted by Crippen LogP contribution is -2.45. The molecule has 3 atom stereocenters. The summed E-state index contributed by atoms with van der Waals surface area (Å²) in [7, 11) is 0. The maximum atomic E-state index is 12.6. The summed E-state index contributed by atoms with van der Waals surface area (Å²) < 4.78 is 36.9. The van der Waals surface area contributed by atoms with Crippen LogP contribution in [0.5, 0.6) is 0 Å². The van der Waals surface area contributed by atoms with Crippen LogP contribution in [0.15, 0.2) is 60.7 Å². The molecule has 0 aliphatic carbocycles. The van der Waals surface area contributed by atoms with Crippen LogP contribution in [-0.4, -0.2) is 64.7 Å². The quantitative estimate of drug-likeness (QED) is 0.312. The van der Waals surface area contributed by atoms with Gasteiger partial charge in [0.15, 0.2) is 5.78 Å². The zero-order valence-electron chi connectivity index (χ0n) is 20.2. The van der Waals surface area contributed by atoms with Gasteiger partial charge in [0.1, 0.15) is 12.6 Å². The highest BCUT2D eigenvalue weighted by Gasteiger charge is 2.38. The van der Waals surface area contributed by atoms with Gasteiger partial charge in [0.2, 0.25) is 5.91 Å². The standard InChI is InChI=1S/C23H26N2O6.C2HF3O2/c1-15(22(28)29)25-21(27)18(14-31-23(30)17-10-6-3-7-11-17)13-20(26)19(24)12-16-8-4-2-5-9-16;3-2(4,5)1(6)7/h2-11,15,18-19H,12-14,24H2,1H3,(H,25,27)(H,28,29);(H,6,7)/t15-,18-,19-;/m0./s1. The van der Waals surface area contributed by atoms with Crippen molar-refractivity contribution in [2.24, 2.45) is 11.7 Å². The maximum absolute atomic E-state index is 12.6. The number of nitrogens with two attached hydrogens (primary N) is 1. The van der Waals surface area contributed by atoms with Gasteiger partial charge < -0.3 is 26.0 Å². The first-order chi connectivity index (χ1) is 17.7. The summed E-state index contributed by atoms with van der Waals surface area (Å²) in [5.74, 6) is -6.78. The molecular weight excluding hydrogens is 513 g/mol. The Morgan fingerprint density at radius 2 is 1.45 bits per heavy atom. The van der Waals surface area contributed by atoms with Crippen LogP contribution in [0.1, 0.15) is 29.3 Å². The molecule has 0 aromatic heterocycles. The van der Waals surface area contributed by atoms with Crippen molar-refractivity contribution in [3.05, 3.63) is 71.8 Å². The molecule has 38 heavy (non-hydrogen) atoms. The molecule has 0 saturated heterocycles. The van der Waals surface area contributed by atoms with Crippen LogP contribution < -0.4 is 11.1 Å². The lowest BCUT2D eigenvalue weighted by atomic mass is 9.95. The molecule has 1 amide bonds. The van der Waals surface area contributed by atoms with E-state index >= 15 is 0 Å². The molecule has 13 heteroatoms. The largest absolute Gasteiger partial charge is 0.490 e. The van der Waals surface area contributed by atoms with Gasteiger partial charge in [-0.3, -0.25) is 14.4 Å². The molecule has 0 aliphatic heterocycles. The van der Waals surface area contributed by atoms with E-state index in [0.717, 1.165) is 5.56 Å². The fourth-order valence-electron chi connectivity index (χ4n) is 2.83. The molecule has 5 N–H and O–H groups in total. The van der Waals surface area contributed by atoms with Crippen LogP contribution in [0.3, 0.4) is 0 Å². The number of hydrogen-bond acceptors (Lipinski definition) is 7. The Bertz CT molecular complexity index is 1090. The Hall–Kier alpha value is -4.26. The van der Waals surface area contributed by atoms with Crippen molar-refractivity contribution in [2.75, 3.05) is 6.61 Å². The van der Waals surface area contributed by atoms with Crippen LogP contribution in [0.25, 0.3) is 0 Å². The third-order valence-electron chi connectivity index (χ3n) is 4.93. The van der Waals surface area contributed by atoms with Gasteiger partial charge in [-0.2, -0.15) is 13.2 Å². The van der Waals surface area contributed by atoms with E-state index < -0.39 is 48.0 Å². The Kier molecular flexibility index (Phi) is 12.6. The number of carboxylic acid groups (broad SMARTS) is 2. The smallest absolute Gasteiger partial charge is 0.480 e. The predicted octanol–water partition coefficient (Wildman–Crippen LogP) is 2.21. The minimum absolute atomic E-state index is 0.283. The molecule has 206 valence electrons. The topological polar surface area (TPSA) is 173 Å². The second-order valence-corrected chi connectivity index (χ2v) is 8.00. The molecule has 0 spiro atoms. The van der Waals surface area contributed by atoms with Crippen molar-refractivity contribution >= 4 is 29.6 Å². The monoisotopic (exact) mass is 540 g/mol. The molecule has 10 nitrogen and oxygen atoms in total. The first-order valence-electron chi connectivity index (χ1n) is 11.1. The highest BCUT2D eigenvalue weighted by Crippen LogP contribution is 2.13. The van der Waals surface area contributed by atoms with Crippen molar-refractivity contribution in [1.82, 2.24) is 5.32 Å². The Labute approximate surface area is 215 Å². The van der Waals surface area contributed by atoms with E-state index in [1.807, 2.05) is 30.3 Å². The zero-order chi connectivity index (χ0) is 28.9. The molecule has 2 aromatic rings. The fourth-order valence-corrected chi connectivity index (χ4v) is 2.83. The lowest BCUT2D eigenvalue weighted by molar-refractivity contribution is -0.192. The number of Topliss-reactive ketones (excluding diaryl/α,β-unsaturated/α-hetero) is 1. The summed E-state index contributed by atoms with van der Waals surface area (Å²) in [6, 6.07) is 15.4. The van der Waals surface area contributed by atoms with E-state index in [4.69, 9.17) is 25.5 Å². The van der Waals surface area contributed by atoms with Gasteiger partial charge in [-0.1, -0.05) is 48.5 Å². The number of aliphatic carboxylic acids is 2. The summed E-state index contributed by atoms with van der Waals surface area (Å²) in [4.78, 5) is 57.4. The van der Waals surface area contributed by atoms with Gasteiger partial charge in [-0.05, 0) is 31.0 Å². The minimum atomic E-state index is -5.08. The van der Waals surface area contributed by atoms with E-state index in [9.17, 15) is 32.3 Å². The van der Waals surface area contributed by atoms with Crippen LogP contribution in [0, 0.1) is 5.92 Å². The van der Waals surface area contributed by atoms with Gasteiger partial charge in [0, 0.05) is 6.42 Å². The molecule has 0 heterocycles. The van der Waals surface area contributed by atoms with Gasteiger partial charge in [0.05, 0.1) is 17.5 Å². The van der Waals surface area contributed by atoms with Crippen molar-refractivity contribution in [1.29, 1.82) is 0 Å². The maximum Gasteiger partial charge on any atom is 0.490 e. The van der Waals surface area contributed by atoms with E-state index in [0.29, 0.717) is 12.0 Å². The van der Waals surface area contributed by atoms with Gasteiger partial charge in [-0.15, -0.1) is 0 Å². The second-order valence-electron chi connectivity index (χ2n) is 8.00. The molecule has 0 aliphatic rings. The van der Waals surface area contributed by atoms with Gasteiger partial charge in [0.25, 0.3) is 0 Å². The number of rotatable bonds is 11. The summed E-state index contributed by atoms with van der Waals surface area (Å²) in [6.07, 6.45) is -5.07. The van der Waals surface area contributed by atoms with Crippen molar-refractivity contribution in [3.63, 3.8) is 0 Å². The Morgan fingerprint density at radius 1 is 0.947 bits per heavy atom. The third-order valence-corrected chi connectivity index (χ3v) is 4.93. The van der Waals surface area contributed by atoms with Crippen LogP contribution >= 0.6 is 0 Å². The number of alkyl halides is 3. The molecule has 2 aromatic carbocycles. The minimum Gasteiger partial charge on any atom is -0.480 e. The summed E-state index contributed by atoms with van der Waals surface area (Å²) in [5, 5.41) is 18.5. The van der Waals surface area contributed by atoms with Crippen LogP contribution in [0.4, 0.5) is 13.2 Å². The zero-order valence-corrected chi connectivity index (χ0v) is 20.2. The summed E-state index contributed by atoms with van der Waals surface area (Å²) in [5.41, 5.74) is 7.18. The lowest BCUT2D eigenvalue weighted by Gasteiger charge is -2.20. The average Bonchev–Trinajstić information content (AvgIpc) is 2.86. The number of halogens is 3. The number of ether oxygens (including phenoxy) is 1. The SMILES string of the molecule is C[C@H](NC(=O)[C@H](COC(=O)c1ccccc1)CC(=O)[C@@H](N)Cc1ccccc1)C(=O)O.O=C(O)C(F)(F)F. The summed E-state index contributed by atoms with van der Waals surface area (Å²) >= 11 is 0. The second kappa shape index (κ2) is 15.1. The number of hydrogen-bond donors (Lipinski definition) is 4. The van der Waals surface area contributed by atoms with Crippen LogP contribution in [0.2, 0.25) is 0 Å².